The van der Waals surface area contributed by atoms with Crippen molar-refractivity contribution in [1.29, 1.82) is 0 Å². The molecule has 1 aliphatic carbocycles. The number of benzene rings is 2. The lowest BCUT2D eigenvalue weighted by Gasteiger charge is -2.24. The van der Waals surface area contributed by atoms with Crippen molar-refractivity contribution in [1.82, 2.24) is 0 Å². The third-order valence-corrected chi connectivity index (χ3v) is 5.60. The zero-order chi connectivity index (χ0) is 22.2. The Morgan fingerprint density at radius 1 is 0.933 bits per heavy atom. The number of ketones is 3. The molecule has 0 saturated heterocycles. The highest BCUT2D eigenvalue weighted by Gasteiger charge is 2.40. The van der Waals surface area contributed by atoms with E-state index in [0.29, 0.717) is 5.69 Å². The summed E-state index contributed by atoms with van der Waals surface area (Å²) >= 11 is 6.23. The number of aryl methyl sites for hydroxylation is 1. The number of halogens is 1. The first kappa shape index (κ1) is 21.7. The van der Waals surface area contributed by atoms with Gasteiger partial charge in [-0.1, -0.05) is 67.9 Å². The fraction of sp³-hybridized carbons (Fsp3) is 0.250. The van der Waals surface area contributed by atoms with Gasteiger partial charge in [0.25, 0.3) is 0 Å². The molecule has 0 spiro atoms. The van der Waals surface area contributed by atoms with Gasteiger partial charge in [0.1, 0.15) is 11.7 Å². The lowest BCUT2D eigenvalue weighted by molar-refractivity contribution is -0.128. The molecule has 2 aromatic rings. The third kappa shape index (κ3) is 3.73. The molecule has 3 rings (SSSR count). The van der Waals surface area contributed by atoms with Crippen molar-refractivity contribution in [3.05, 3.63) is 75.3 Å². The quantitative estimate of drug-likeness (QED) is 0.698. The van der Waals surface area contributed by atoms with Crippen LogP contribution in [0.3, 0.4) is 0 Å². The Morgan fingerprint density at radius 3 is 2.10 bits per heavy atom. The molecule has 2 aromatic carbocycles. The minimum atomic E-state index is -1.48. The number of anilines is 1. The van der Waals surface area contributed by atoms with Gasteiger partial charge in [-0.2, -0.15) is 0 Å². The molecule has 0 radical (unpaired) electrons. The van der Waals surface area contributed by atoms with Gasteiger partial charge in [-0.05, 0) is 30.9 Å². The summed E-state index contributed by atoms with van der Waals surface area (Å²) in [6.07, 6.45) is 0. The Kier molecular flexibility index (Phi) is 6.04. The van der Waals surface area contributed by atoms with Gasteiger partial charge >= 0.3 is 0 Å². The molecule has 0 aromatic heterocycles. The van der Waals surface area contributed by atoms with Crippen LogP contribution in [0.4, 0.5) is 5.69 Å². The molecule has 1 atom stereocenters. The standard InChI is InChI=1S/C24H22ClNO4/c1-12(2)15-11-7-8-13(3)21(15)26-24(30)18(14(4)27)19-20(25)23(29)17-10-6-5-9-16(17)22(19)28/h5-12,18H,1-4H3,(H,26,30)/t18-/m0/s1. The second kappa shape index (κ2) is 8.36. The first-order valence-corrected chi connectivity index (χ1v) is 10.0. The topological polar surface area (TPSA) is 80.3 Å². The number of para-hydroxylation sites is 1. The van der Waals surface area contributed by atoms with Crippen LogP contribution in [-0.4, -0.2) is 23.3 Å². The van der Waals surface area contributed by atoms with E-state index in [2.05, 4.69) is 5.32 Å². The average molecular weight is 424 g/mol. The number of fused-ring (bicyclic) bond motifs is 1. The van der Waals surface area contributed by atoms with E-state index in [0.717, 1.165) is 11.1 Å². The lowest BCUT2D eigenvalue weighted by Crippen LogP contribution is -2.36. The fourth-order valence-electron chi connectivity index (χ4n) is 3.68. The number of amides is 1. The van der Waals surface area contributed by atoms with Crippen LogP contribution in [0.2, 0.25) is 0 Å². The van der Waals surface area contributed by atoms with Gasteiger partial charge in [-0.3, -0.25) is 19.2 Å². The van der Waals surface area contributed by atoms with E-state index in [4.69, 9.17) is 11.6 Å². The number of rotatable bonds is 5. The van der Waals surface area contributed by atoms with Crippen LogP contribution >= 0.6 is 11.6 Å². The van der Waals surface area contributed by atoms with Gasteiger partial charge in [-0.15, -0.1) is 0 Å². The predicted octanol–water partition coefficient (Wildman–Crippen LogP) is 4.83. The third-order valence-electron chi connectivity index (χ3n) is 5.23. The summed E-state index contributed by atoms with van der Waals surface area (Å²) < 4.78 is 0. The second-order valence-corrected chi connectivity index (χ2v) is 8.04. The van der Waals surface area contributed by atoms with E-state index in [1.165, 1.54) is 19.1 Å². The normalized spacial score (nSPS) is 14.6. The predicted molar refractivity (Wildman–Crippen MR) is 116 cm³/mol. The van der Waals surface area contributed by atoms with Crippen molar-refractivity contribution in [2.75, 3.05) is 5.32 Å². The zero-order valence-corrected chi connectivity index (χ0v) is 18.0. The molecule has 0 heterocycles. The summed E-state index contributed by atoms with van der Waals surface area (Å²) in [6.45, 7) is 7.04. The molecule has 0 bridgehead atoms. The van der Waals surface area contributed by atoms with Crippen molar-refractivity contribution >= 4 is 40.5 Å². The Labute approximate surface area is 180 Å². The summed E-state index contributed by atoms with van der Waals surface area (Å²) in [5.74, 6) is -3.77. The zero-order valence-electron chi connectivity index (χ0n) is 17.2. The average Bonchev–Trinajstić information content (AvgIpc) is 2.70. The van der Waals surface area contributed by atoms with Crippen molar-refractivity contribution < 1.29 is 19.2 Å². The summed E-state index contributed by atoms with van der Waals surface area (Å²) in [5.41, 5.74) is 2.36. The molecule has 1 amide bonds. The Morgan fingerprint density at radius 2 is 1.53 bits per heavy atom. The molecule has 1 aliphatic rings. The number of carbonyl (C=O) groups is 4. The van der Waals surface area contributed by atoms with E-state index in [1.807, 2.05) is 39.0 Å². The first-order valence-electron chi connectivity index (χ1n) is 9.64. The summed E-state index contributed by atoms with van der Waals surface area (Å²) in [5, 5.41) is 2.42. The van der Waals surface area contributed by atoms with Crippen molar-refractivity contribution in [3.63, 3.8) is 0 Å². The minimum absolute atomic E-state index is 0.128. The molecule has 0 unspecified atom stereocenters. The maximum atomic E-state index is 13.2. The summed E-state index contributed by atoms with van der Waals surface area (Å²) in [7, 11) is 0. The van der Waals surface area contributed by atoms with Crippen LogP contribution < -0.4 is 5.32 Å². The van der Waals surface area contributed by atoms with Gasteiger partial charge in [0.15, 0.2) is 5.78 Å². The van der Waals surface area contributed by atoms with E-state index in [-0.39, 0.29) is 27.7 Å². The van der Waals surface area contributed by atoms with Crippen LogP contribution in [0.1, 0.15) is 58.5 Å². The first-order chi connectivity index (χ1) is 14.1. The van der Waals surface area contributed by atoms with Crippen LogP contribution in [-0.2, 0) is 9.59 Å². The molecular formula is C24H22ClNO4. The molecule has 6 heteroatoms. The van der Waals surface area contributed by atoms with Gasteiger partial charge in [0.05, 0.1) is 5.03 Å². The maximum absolute atomic E-state index is 13.2. The molecule has 154 valence electrons. The Balaban J connectivity index is 2.07. The molecule has 0 fully saturated rings. The highest BCUT2D eigenvalue weighted by Crippen LogP contribution is 2.34. The van der Waals surface area contributed by atoms with E-state index < -0.39 is 29.2 Å². The SMILES string of the molecule is CC(=O)[C@H](C(=O)Nc1c(C)cccc1C(C)C)C1=C(Cl)C(=O)c2ccccc2C1=O. The largest absolute Gasteiger partial charge is 0.325 e. The molecule has 30 heavy (non-hydrogen) atoms. The lowest BCUT2D eigenvalue weighted by atomic mass is 9.81. The van der Waals surface area contributed by atoms with Gasteiger partial charge in [0, 0.05) is 22.4 Å². The van der Waals surface area contributed by atoms with Crippen molar-refractivity contribution in [2.24, 2.45) is 5.92 Å². The van der Waals surface area contributed by atoms with Gasteiger partial charge in [0.2, 0.25) is 11.7 Å². The van der Waals surface area contributed by atoms with Gasteiger partial charge in [-0.25, -0.2) is 0 Å². The van der Waals surface area contributed by atoms with Crippen LogP contribution in [0, 0.1) is 12.8 Å². The number of carbonyl (C=O) groups excluding carboxylic acids is 4. The highest BCUT2D eigenvalue weighted by molar-refractivity contribution is 6.50. The van der Waals surface area contributed by atoms with Crippen LogP contribution in [0.5, 0.6) is 0 Å². The molecule has 0 saturated carbocycles. The Bertz CT molecular complexity index is 1110. The van der Waals surface area contributed by atoms with E-state index in [9.17, 15) is 19.2 Å². The summed E-state index contributed by atoms with van der Waals surface area (Å²) in [6, 6.07) is 11.9. The summed E-state index contributed by atoms with van der Waals surface area (Å²) in [4.78, 5) is 51.5. The van der Waals surface area contributed by atoms with Gasteiger partial charge < -0.3 is 5.32 Å². The second-order valence-electron chi connectivity index (χ2n) is 7.66. The highest BCUT2D eigenvalue weighted by atomic mass is 35.5. The van der Waals surface area contributed by atoms with E-state index in [1.54, 1.807) is 12.1 Å². The fourth-order valence-corrected chi connectivity index (χ4v) is 3.98. The van der Waals surface area contributed by atoms with Crippen LogP contribution in [0.25, 0.3) is 0 Å². The molecule has 0 aliphatic heterocycles. The number of allylic oxidation sites excluding steroid dienone is 1. The monoisotopic (exact) mass is 423 g/mol. The number of nitrogens with one attached hydrogen (secondary N) is 1. The maximum Gasteiger partial charge on any atom is 0.239 e. The van der Waals surface area contributed by atoms with E-state index >= 15 is 0 Å². The smallest absolute Gasteiger partial charge is 0.239 e. The molecule has 5 nitrogen and oxygen atoms in total. The minimum Gasteiger partial charge on any atom is -0.325 e. The van der Waals surface area contributed by atoms with Crippen molar-refractivity contribution in [2.45, 2.75) is 33.6 Å². The number of hydrogen-bond acceptors (Lipinski definition) is 4. The van der Waals surface area contributed by atoms with Crippen molar-refractivity contribution in [3.8, 4) is 0 Å². The molecule has 1 N–H and O–H groups in total. The number of hydrogen-bond donors (Lipinski definition) is 1. The molecular weight excluding hydrogens is 402 g/mol. The van der Waals surface area contributed by atoms with Crippen LogP contribution in [0.15, 0.2) is 53.1 Å². The number of Topliss-reactive ketones (excluding diaryl/α,β-unsaturated/α-hetero) is 3. The Hall–Kier alpha value is -3.05.